The van der Waals surface area contributed by atoms with Crippen LogP contribution >= 0.6 is 34.5 Å². The second-order valence-electron chi connectivity index (χ2n) is 5.15. The molecule has 2 heterocycles. The summed E-state index contributed by atoms with van der Waals surface area (Å²) in [5.74, 6) is 0. The molecule has 0 bridgehead atoms. The molecule has 4 nitrogen and oxygen atoms in total. The van der Waals surface area contributed by atoms with Crippen molar-refractivity contribution in [2.75, 3.05) is 0 Å². The average Bonchev–Trinajstić information content (AvgIpc) is 3.10. The van der Waals surface area contributed by atoms with Gasteiger partial charge in [-0.2, -0.15) is 10.4 Å². The fraction of sp³-hybridized carbons (Fsp3) is 0.118. The average molecular weight is 375 g/mol. The number of aryl methyl sites for hydroxylation is 2. The highest BCUT2D eigenvalue weighted by Crippen LogP contribution is 2.29. The van der Waals surface area contributed by atoms with Gasteiger partial charge in [-0.15, -0.1) is 11.3 Å². The van der Waals surface area contributed by atoms with Gasteiger partial charge in [-0.25, -0.2) is 9.67 Å². The highest BCUT2D eigenvalue weighted by Gasteiger charge is 2.15. The molecule has 0 aliphatic rings. The van der Waals surface area contributed by atoms with Crippen molar-refractivity contribution in [2.24, 2.45) is 0 Å². The maximum atomic E-state index is 9.45. The van der Waals surface area contributed by atoms with Crippen LogP contribution in [0.5, 0.6) is 0 Å². The minimum Gasteiger partial charge on any atom is -0.241 e. The van der Waals surface area contributed by atoms with Gasteiger partial charge in [-0.1, -0.05) is 29.3 Å². The van der Waals surface area contributed by atoms with Crippen molar-refractivity contribution in [2.45, 2.75) is 13.8 Å². The Morgan fingerprint density at radius 1 is 1.33 bits per heavy atom. The molecule has 0 saturated carbocycles. The van der Waals surface area contributed by atoms with Gasteiger partial charge in [0.1, 0.15) is 16.2 Å². The molecule has 0 unspecified atom stereocenters. The van der Waals surface area contributed by atoms with Gasteiger partial charge >= 0.3 is 0 Å². The first kappa shape index (κ1) is 16.7. The minimum atomic E-state index is 0.427. The first-order valence-corrected chi connectivity index (χ1v) is 8.68. The monoisotopic (exact) mass is 374 g/mol. The van der Waals surface area contributed by atoms with Gasteiger partial charge < -0.3 is 0 Å². The Bertz CT molecular complexity index is 979. The molecule has 24 heavy (non-hydrogen) atoms. The zero-order valence-electron chi connectivity index (χ0n) is 12.9. The molecule has 0 radical (unpaired) electrons. The Labute approximate surface area is 153 Å². The van der Waals surface area contributed by atoms with Crippen molar-refractivity contribution in [1.82, 2.24) is 14.8 Å². The van der Waals surface area contributed by atoms with Gasteiger partial charge in [-0.05, 0) is 38.1 Å². The highest BCUT2D eigenvalue weighted by atomic mass is 35.5. The molecule has 2 aromatic heterocycles. The molecule has 0 saturated heterocycles. The maximum Gasteiger partial charge on any atom is 0.140 e. The summed E-state index contributed by atoms with van der Waals surface area (Å²) in [6.45, 7) is 3.74. The Balaban J connectivity index is 2.09. The van der Waals surface area contributed by atoms with E-state index in [-0.39, 0.29) is 0 Å². The largest absolute Gasteiger partial charge is 0.241 e. The first-order valence-electron chi connectivity index (χ1n) is 7.05. The Hall–Kier alpha value is -2.13. The number of allylic oxidation sites excluding steroid dienone is 1. The van der Waals surface area contributed by atoms with E-state index in [0.29, 0.717) is 26.3 Å². The van der Waals surface area contributed by atoms with Gasteiger partial charge in [0.25, 0.3) is 0 Å². The normalized spacial score (nSPS) is 11.5. The molecule has 0 spiro atoms. The lowest BCUT2D eigenvalue weighted by Gasteiger charge is -2.03. The van der Waals surface area contributed by atoms with E-state index < -0.39 is 0 Å². The van der Waals surface area contributed by atoms with E-state index in [1.807, 2.05) is 31.4 Å². The zero-order valence-corrected chi connectivity index (χ0v) is 15.2. The van der Waals surface area contributed by atoms with E-state index in [1.54, 1.807) is 22.9 Å². The number of nitrogens with zero attached hydrogens (tertiary/aromatic N) is 4. The van der Waals surface area contributed by atoms with Crippen LogP contribution in [0, 0.1) is 25.2 Å². The van der Waals surface area contributed by atoms with Crippen LogP contribution in [0.15, 0.2) is 29.6 Å². The lowest BCUT2D eigenvalue weighted by molar-refractivity contribution is 0.863. The summed E-state index contributed by atoms with van der Waals surface area (Å²) in [7, 11) is 0. The second kappa shape index (κ2) is 6.78. The van der Waals surface area contributed by atoms with Crippen LogP contribution in [-0.4, -0.2) is 14.8 Å². The number of aromatic nitrogens is 3. The van der Waals surface area contributed by atoms with Crippen LogP contribution in [0.4, 0.5) is 0 Å². The maximum absolute atomic E-state index is 9.45. The third-order valence-electron chi connectivity index (χ3n) is 3.36. The molecule has 0 fully saturated rings. The van der Waals surface area contributed by atoms with E-state index in [9.17, 15) is 5.26 Å². The van der Waals surface area contributed by atoms with E-state index in [0.717, 1.165) is 17.1 Å². The van der Waals surface area contributed by atoms with Crippen LogP contribution in [-0.2, 0) is 0 Å². The lowest BCUT2D eigenvalue weighted by atomic mass is 10.2. The first-order chi connectivity index (χ1) is 11.5. The molecule has 120 valence electrons. The lowest BCUT2D eigenvalue weighted by Crippen LogP contribution is -1.96. The molecule has 3 rings (SSSR count). The van der Waals surface area contributed by atoms with Crippen molar-refractivity contribution in [3.05, 3.63) is 61.8 Å². The van der Waals surface area contributed by atoms with Gasteiger partial charge in [0.05, 0.1) is 17.0 Å². The number of halogens is 2. The van der Waals surface area contributed by atoms with E-state index in [1.165, 1.54) is 11.3 Å². The quantitative estimate of drug-likeness (QED) is 0.583. The summed E-state index contributed by atoms with van der Waals surface area (Å²) in [4.78, 5) is 4.35. The zero-order chi connectivity index (χ0) is 17.3. The van der Waals surface area contributed by atoms with Crippen LogP contribution in [0.25, 0.3) is 17.3 Å². The summed E-state index contributed by atoms with van der Waals surface area (Å²) in [6.07, 6.45) is 1.73. The van der Waals surface area contributed by atoms with Crippen LogP contribution in [0.2, 0.25) is 10.2 Å². The summed E-state index contributed by atoms with van der Waals surface area (Å²) in [5, 5.41) is 17.5. The van der Waals surface area contributed by atoms with Crippen molar-refractivity contribution >= 4 is 46.2 Å². The van der Waals surface area contributed by atoms with Crippen LogP contribution in [0.3, 0.4) is 0 Å². The fourth-order valence-corrected chi connectivity index (χ4v) is 3.49. The molecular weight excluding hydrogens is 363 g/mol. The number of benzene rings is 1. The van der Waals surface area contributed by atoms with Gasteiger partial charge in [0, 0.05) is 21.7 Å². The standard InChI is InChI=1S/C17H12Cl2N4S/c1-10-9-24-17(21-10)12(8-20)6-15-11(2)22-23(16(15)19)14-5-3-4-13(18)7-14/h3-7,9H,1-2H3/b12-6+. The Kier molecular flexibility index (Phi) is 4.72. The topological polar surface area (TPSA) is 54.5 Å². The van der Waals surface area contributed by atoms with Crippen molar-refractivity contribution in [1.29, 1.82) is 5.26 Å². The summed E-state index contributed by atoms with van der Waals surface area (Å²) >= 11 is 14.0. The predicted molar refractivity (Wildman–Crippen MR) is 98.7 cm³/mol. The van der Waals surface area contributed by atoms with Crippen molar-refractivity contribution < 1.29 is 0 Å². The molecule has 0 N–H and O–H groups in total. The predicted octanol–water partition coefficient (Wildman–Crippen LogP) is 5.32. The summed E-state index contributed by atoms with van der Waals surface area (Å²) in [6, 6.07) is 9.45. The van der Waals surface area contributed by atoms with Crippen molar-refractivity contribution in [3.63, 3.8) is 0 Å². The highest BCUT2D eigenvalue weighted by molar-refractivity contribution is 7.11. The van der Waals surface area contributed by atoms with E-state index in [4.69, 9.17) is 23.2 Å². The second-order valence-corrected chi connectivity index (χ2v) is 6.80. The van der Waals surface area contributed by atoms with Gasteiger partial charge in [0.15, 0.2) is 0 Å². The molecule has 0 aliphatic carbocycles. The Morgan fingerprint density at radius 3 is 2.75 bits per heavy atom. The number of hydrogen-bond donors (Lipinski definition) is 0. The summed E-state index contributed by atoms with van der Waals surface area (Å²) in [5.41, 5.74) is 3.53. The third-order valence-corrected chi connectivity index (χ3v) is 4.95. The SMILES string of the molecule is Cc1csc(/C(C#N)=C/c2c(C)nn(-c3cccc(Cl)c3)c2Cl)n1. The minimum absolute atomic E-state index is 0.427. The molecule has 1 aromatic carbocycles. The number of nitriles is 1. The van der Waals surface area contributed by atoms with Gasteiger partial charge in [0.2, 0.25) is 0 Å². The number of rotatable bonds is 3. The van der Waals surface area contributed by atoms with Crippen LogP contribution < -0.4 is 0 Å². The number of hydrogen-bond acceptors (Lipinski definition) is 4. The molecule has 0 aliphatic heterocycles. The number of thiazole rings is 1. The third kappa shape index (κ3) is 3.22. The van der Waals surface area contributed by atoms with Crippen LogP contribution in [0.1, 0.15) is 22.0 Å². The molecule has 0 atom stereocenters. The van der Waals surface area contributed by atoms with Gasteiger partial charge in [-0.3, -0.25) is 0 Å². The van der Waals surface area contributed by atoms with E-state index >= 15 is 0 Å². The molecule has 7 heteroatoms. The van der Waals surface area contributed by atoms with Crippen molar-refractivity contribution in [3.8, 4) is 11.8 Å². The molecule has 3 aromatic rings. The van der Waals surface area contributed by atoms with E-state index in [2.05, 4.69) is 16.2 Å². The smallest absolute Gasteiger partial charge is 0.140 e. The molecular formula is C17H12Cl2N4S. The molecule has 0 amide bonds. The Morgan fingerprint density at radius 2 is 2.12 bits per heavy atom. The fourth-order valence-electron chi connectivity index (χ4n) is 2.22. The summed E-state index contributed by atoms with van der Waals surface area (Å²) < 4.78 is 1.61.